The van der Waals surface area contributed by atoms with Gasteiger partial charge >= 0.3 is 0 Å². The predicted octanol–water partition coefficient (Wildman–Crippen LogP) is 4.29. The van der Waals surface area contributed by atoms with E-state index >= 15 is 0 Å². The highest BCUT2D eigenvalue weighted by molar-refractivity contribution is 5.67. The van der Waals surface area contributed by atoms with Gasteiger partial charge in [0.15, 0.2) is 5.43 Å². The molecule has 0 atom stereocenters. The summed E-state index contributed by atoms with van der Waals surface area (Å²) in [5.74, 6) is 1.72. The van der Waals surface area contributed by atoms with Gasteiger partial charge in [0, 0.05) is 17.7 Å². The van der Waals surface area contributed by atoms with Gasteiger partial charge in [-0.15, -0.1) is 0 Å². The van der Waals surface area contributed by atoms with E-state index in [0.717, 1.165) is 16.7 Å². The number of hydrogen-bond acceptors (Lipinski definition) is 3. The van der Waals surface area contributed by atoms with Crippen molar-refractivity contribution in [1.29, 1.82) is 0 Å². The van der Waals surface area contributed by atoms with E-state index in [4.69, 9.17) is 9.15 Å². The summed E-state index contributed by atoms with van der Waals surface area (Å²) in [6.07, 6.45) is 0. The minimum Gasteiger partial charge on any atom is -0.496 e. The largest absolute Gasteiger partial charge is 0.496 e. The number of aryl methyl sites for hydroxylation is 1. The molecule has 3 aromatic rings. The monoisotopic (exact) mass is 292 g/mol. The quantitative estimate of drug-likeness (QED) is 0.723. The van der Waals surface area contributed by atoms with Crippen LogP contribution in [0.1, 0.15) is 5.56 Å². The maximum Gasteiger partial charge on any atom is 0.186 e. The van der Waals surface area contributed by atoms with E-state index in [9.17, 15) is 4.79 Å². The molecule has 0 radical (unpaired) electrons. The second-order valence-corrected chi connectivity index (χ2v) is 5.09. The van der Waals surface area contributed by atoms with Crippen LogP contribution in [0.4, 0.5) is 0 Å². The lowest BCUT2D eigenvalue weighted by molar-refractivity contribution is 0.414. The molecular formula is C19H16O3. The van der Waals surface area contributed by atoms with Crippen molar-refractivity contribution in [3.05, 3.63) is 76.5 Å². The molecule has 0 spiro atoms. The van der Waals surface area contributed by atoms with Crippen LogP contribution in [0.15, 0.2) is 69.9 Å². The van der Waals surface area contributed by atoms with Gasteiger partial charge in [-0.1, -0.05) is 42.0 Å². The van der Waals surface area contributed by atoms with Crippen molar-refractivity contribution in [3.8, 4) is 28.4 Å². The van der Waals surface area contributed by atoms with Crippen LogP contribution in [-0.4, -0.2) is 7.11 Å². The van der Waals surface area contributed by atoms with E-state index in [2.05, 4.69) is 0 Å². The van der Waals surface area contributed by atoms with Crippen molar-refractivity contribution in [1.82, 2.24) is 0 Å². The summed E-state index contributed by atoms with van der Waals surface area (Å²) in [6, 6.07) is 18.3. The summed E-state index contributed by atoms with van der Waals surface area (Å²) in [6.45, 7) is 2.02. The van der Waals surface area contributed by atoms with Gasteiger partial charge in [-0.3, -0.25) is 4.79 Å². The number of hydrogen-bond donors (Lipinski definition) is 0. The molecule has 22 heavy (non-hydrogen) atoms. The van der Waals surface area contributed by atoms with Crippen molar-refractivity contribution in [2.75, 3.05) is 7.11 Å². The van der Waals surface area contributed by atoms with Crippen LogP contribution in [0.25, 0.3) is 22.6 Å². The van der Waals surface area contributed by atoms with E-state index in [1.807, 2.05) is 55.5 Å². The van der Waals surface area contributed by atoms with Gasteiger partial charge in [0.1, 0.15) is 17.3 Å². The highest BCUT2D eigenvalue weighted by Crippen LogP contribution is 2.31. The molecule has 0 saturated heterocycles. The topological polar surface area (TPSA) is 39.4 Å². The summed E-state index contributed by atoms with van der Waals surface area (Å²) in [5.41, 5.74) is 2.70. The average Bonchev–Trinajstić information content (AvgIpc) is 2.55. The lowest BCUT2D eigenvalue weighted by Gasteiger charge is -2.09. The zero-order valence-corrected chi connectivity index (χ0v) is 12.5. The molecule has 3 nitrogen and oxygen atoms in total. The van der Waals surface area contributed by atoms with Crippen LogP contribution < -0.4 is 10.2 Å². The maximum absolute atomic E-state index is 12.0. The minimum absolute atomic E-state index is 0.0947. The minimum atomic E-state index is -0.0947. The molecule has 0 aliphatic rings. The van der Waals surface area contributed by atoms with Crippen LogP contribution in [0.3, 0.4) is 0 Å². The lowest BCUT2D eigenvalue weighted by Crippen LogP contribution is -1.99. The Balaban J connectivity index is 2.14. The van der Waals surface area contributed by atoms with E-state index in [-0.39, 0.29) is 5.43 Å². The van der Waals surface area contributed by atoms with Crippen LogP contribution >= 0.6 is 0 Å². The second kappa shape index (κ2) is 5.90. The summed E-state index contributed by atoms with van der Waals surface area (Å²) < 4.78 is 11.3. The molecule has 0 bridgehead atoms. The van der Waals surface area contributed by atoms with E-state index in [1.54, 1.807) is 7.11 Å². The zero-order valence-electron chi connectivity index (χ0n) is 12.5. The Kier molecular flexibility index (Phi) is 3.79. The number of para-hydroxylation sites is 1. The fourth-order valence-electron chi connectivity index (χ4n) is 2.32. The number of benzene rings is 2. The Labute approximate surface area is 128 Å². The van der Waals surface area contributed by atoms with E-state index in [1.165, 1.54) is 12.1 Å². The maximum atomic E-state index is 12.0. The van der Waals surface area contributed by atoms with Crippen LogP contribution in [0.5, 0.6) is 5.75 Å². The number of rotatable bonds is 3. The van der Waals surface area contributed by atoms with Crippen molar-refractivity contribution in [2.24, 2.45) is 0 Å². The van der Waals surface area contributed by atoms with Gasteiger partial charge in [0.05, 0.1) is 12.7 Å². The third kappa shape index (κ3) is 2.79. The Morgan fingerprint density at radius 2 is 1.59 bits per heavy atom. The normalized spacial score (nSPS) is 10.5. The van der Waals surface area contributed by atoms with Gasteiger partial charge < -0.3 is 9.15 Å². The van der Waals surface area contributed by atoms with Gasteiger partial charge in [-0.2, -0.15) is 0 Å². The van der Waals surface area contributed by atoms with Gasteiger partial charge in [0.2, 0.25) is 0 Å². The Bertz CT molecular complexity index is 845. The third-order valence-electron chi connectivity index (χ3n) is 3.48. The highest BCUT2D eigenvalue weighted by atomic mass is 16.5. The number of ether oxygens (including phenoxy) is 1. The van der Waals surface area contributed by atoms with Crippen molar-refractivity contribution in [3.63, 3.8) is 0 Å². The first-order chi connectivity index (χ1) is 10.7. The second-order valence-electron chi connectivity index (χ2n) is 5.09. The molecule has 3 rings (SSSR count). The molecule has 0 amide bonds. The fourth-order valence-corrected chi connectivity index (χ4v) is 2.32. The average molecular weight is 292 g/mol. The molecule has 0 aliphatic heterocycles. The smallest absolute Gasteiger partial charge is 0.186 e. The molecule has 0 aliphatic carbocycles. The van der Waals surface area contributed by atoms with Crippen LogP contribution in [-0.2, 0) is 0 Å². The van der Waals surface area contributed by atoms with Gasteiger partial charge in [-0.25, -0.2) is 0 Å². The van der Waals surface area contributed by atoms with Gasteiger partial charge in [-0.05, 0) is 19.1 Å². The summed E-state index contributed by atoms with van der Waals surface area (Å²) in [4.78, 5) is 12.0. The SMILES string of the molecule is COc1ccccc1-c1cc(=O)cc(-c2ccc(C)cc2)o1. The molecule has 0 fully saturated rings. The van der Waals surface area contributed by atoms with Gasteiger partial charge in [0.25, 0.3) is 0 Å². The van der Waals surface area contributed by atoms with E-state index < -0.39 is 0 Å². The molecule has 110 valence electrons. The molecule has 1 heterocycles. The lowest BCUT2D eigenvalue weighted by atomic mass is 10.1. The summed E-state index contributed by atoms with van der Waals surface area (Å²) in [7, 11) is 1.60. The van der Waals surface area contributed by atoms with Crippen molar-refractivity contribution < 1.29 is 9.15 Å². The zero-order chi connectivity index (χ0) is 15.5. The molecule has 2 aromatic carbocycles. The van der Waals surface area contributed by atoms with Crippen molar-refractivity contribution in [2.45, 2.75) is 6.92 Å². The first kappa shape index (κ1) is 14.1. The molecule has 0 N–H and O–H groups in total. The fraction of sp³-hybridized carbons (Fsp3) is 0.105. The number of methoxy groups -OCH3 is 1. The summed E-state index contributed by atoms with van der Waals surface area (Å²) in [5, 5.41) is 0. The Hall–Kier alpha value is -2.81. The molecular weight excluding hydrogens is 276 g/mol. The first-order valence-corrected chi connectivity index (χ1v) is 7.03. The Morgan fingerprint density at radius 3 is 2.32 bits per heavy atom. The highest BCUT2D eigenvalue weighted by Gasteiger charge is 2.11. The molecule has 1 aromatic heterocycles. The molecule has 0 saturated carbocycles. The van der Waals surface area contributed by atoms with Crippen LogP contribution in [0, 0.1) is 6.92 Å². The third-order valence-corrected chi connectivity index (χ3v) is 3.48. The van der Waals surface area contributed by atoms with E-state index in [0.29, 0.717) is 17.3 Å². The first-order valence-electron chi connectivity index (χ1n) is 7.03. The molecule has 0 unspecified atom stereocenters. The Morgan fingerprint density at radius 1 is 0.909 bits per heavy atom. The molecule has 3 heteroatoms. The summed E-state index contributed by atoms with van der Waals surface area (Å²) >= 11 is 0. The van der Waals surface area contributed by atoms with Crippen molar-refractivity contribution >= 4 is 0 Å². The standard InChI is InChI=1S/C19H16O3/c1-13-7-9-14(10-8-13)18-11-15(20)12-19(22-18)16-5-3-4-6-17(16)21-2/h3-12H,1-2H3. The van der Waals surface area contributed by atoms with Crippen LogP contribution in [0.2, 0.25) is 0 Å². The predicted molar refractivity (Wildman–Crippen MR) is 87.1 cm³/mol.